The van der Waals surface area contributed by atoms with Crippen molar-refractivity contribution in [2.24, 2.45) is 0 Å². The van der Waals surface area contributed by atoms with Crippen LogP contribution in [0.4, 0.5) is 13.2 Å². The Labute approximate surface area is 206 Å². The zero-order valence-corrected chi connectivity index (χ0v) is 19.1. The summed E-state index contributed by atoms with van der Waals surface area (Å²) in [4.78, 5) is 38.3. The number of ketones is 3. The van der Waals surface area contributed by atoms with Crippen LogP contribution in [0.3, 0.4) is 0 Å². The van der Waals surface area contributed by atoms with E-state index in [0.29, 0.717) is 33.4 Å². The number of hydrogen-bond acceptors (Lipinski definition) is 3. The topological polar surface area (TPSA) is 51.2 Å². The highest BCUT2D eigenvalue weighted by molar-refractivity contribution is 5.99. The van der Waals surface area contributed by atoms with Gasteiger partial charge in [0.1, 0.15) is 17.5 Å². The molecule has 36 heavy (non-hydrogen) atoms. The van der Waals surface area contributed by atoms with E-state index in [4.69, 9.17) is 0 Å². The molecule has 0 heterocycles. The van der Waals surface area contributed by atoms with Crippen molar-refractivity contribution in [1.29, 1.82) is 0 Å². The lowest BCUT2D eigenvalue weighted by molar-refractivity contribution is 0.0986. The minimum absolute atomic E-state index is 0.0120. The molecule has 0 spiro atoms. The van der Waals surface area contributed by atoms with Crippen molar-refractivity contribution in [3.8, 4) is 0 Å². The van der Waals surface area contributed by atoms with E-state index < -0.39 is 17.5 Å². The zero-order valence-electron chi connectivity index (χ0n) is 19.1. The standard InChI is InChI=1S/C30H21F3O3/c31-25-7-1-22(2-8-25)28(34)16-19-13-20(17-29(35)23-3-9-26(32)10-4-23)15-21(14-19)18-30(36)24-5-11-27(33)12-6-24/h1-15H,16-18H2. The summed E-state index contributed by atoms with van der Waals surface area (Å²) in [6.45, 7) is 0. The van der Waals surface area contributed by atoms with Crippen LogP contribution in [0.1, 0.15) is 47.8 Å². The summed E-state index contributed by atoms with van der Waals surface area (Å²) in [5, 5.41) is 0. The molecule has 0 bridgehead atoms. The maximum Gasteiger partial charge on any atom is 0.167 e. The molecule has 4 aromatic carbocycles. The Morgan fingerprint density at radius 2 is 0.639 bits per heavy atom. The number of benzene rings is 4. The van der Waals surface area contributed by atoms with Crippen LogP contribution in [0.25, 0.3) is 0 Å². The molecule has 0 amide bonds. The average Bonchev–Trinajstić information content (AvgIpc) is 2.85. The smallest absolute Gasteiger partial charge is 0.167 e. The summed E-state index contributed by atoms with van der Waals surface area (Å²) in [5.41, 5.74) is 2.80. The van der Waals surface area contributed by atoms with Gasteiger partial charge in [0.25, 0.3) is 0 Å². The fourth-order valence-corrected chi connectivity index (χ4v) is 3.92. The Bertz CT molecular complexity index is 1220. The number of carbonyl (C=O) groups excluding carboxylic acids is 3. The maximum absolute atomic E-state index is 13.2. The highest BCUT2D eigenvalue weighted by atomic mass is 19.1. The van der Waals surface area contributed by atoms with E-state index in [1.54, 1.807) is 18.2 Å². The second kappa shape index (κ2) is 11.0. The molecule has 0 unspecified atom stereocenters. The molecule has 0 saturated carbocycles. The Morgan fingerprint density at radius 1 is 0.417 bits per heavy atom. The first kappa shape index (κ1) is 24.8. The Balaban J connectivity index is 1.61. The van der Waals surface area contributed by atoms with Gasteiger partial charge in [-0.1, -0.05) is 18.2 Å². The van der Waals surface area contributed by atoms with Gasteiger partial charge in [0.05, 0.1) is 0 Å². The number of Topliss-reactive ketones (excluding diaryl/α,β-unsaturated/α-hetero) is 3. The first-order valence-corrected chi connectivity index (χ1v) is 11.2. The number of halogens is 3. The molecule has 4 aromatic rings. The molecular formula is C30H21F3O3. The highest BCUT2D eigenvalue weighted by Crippen LogP contribution is 2.19. The van der Waals surface area contributed by atoms with Gasteiger partial charge in [-0.25, -0.2) is 13.2 Å². The van der Waals surface area contributed by atoms with Gasteiger partial charge in [0.15, 0.2) is 17.3 Å². The van der Waals surface area contributed by atoms with Gasteiger partial charge in [0, 0.05) is 36.0 Å². The van der Waals surface area contributed by atoms with Crippen LogP contribution < -0.4 is 0 Å². The SMILES string of the molecule is O=C(Cc1cc(CC(=O)c2ccc(F)cc2)cc(CC(=O)c2ccc(F)cc2)c1)c1ccc(F)cc1. The van der Waals surface area contributed by atoms with E-state index in [1.807, 2.05) is 0 Å². The summed E-state index contributed by atoms with van der Waals surface area (Å²) in [6, 6.07) is 20.8. The normalized spacial score (nSPS) is 10.8. The Kier molecular flexibility index (Phi) is 7.54. The fourth-order valence-electron chi connectivity index (χ4n) is 3.92. The van der Waals surface area contributed by atoms with Crippen LogP contribution in [-0.2, 0) is 19.3 Å². The van der Waals surface area contributed by atoms with Crippen LogP contribution in [-0.4, -0.2) is 17.3 Å². The molecule has 6 heteroatoms. The summed E-state index contributed by atoms with van der Waals surface area (Å²) >= 11 is 0. The largest absolute Gasteiger partial charge is 0.294 e. The molecule has 0 aliphatic rings. The molecule has 180 valence electrons. The van der Waals surface area contributed by atoms with Gasteiger partial charge >= 0.3 is 0 Å². The van der Waals surface area contributed by atoms with E-state index in [2.05, 4.69) is 0 Å². The first-order chi connectivity index (χ1) is 17.3. The molecule has 0 fully saturated rings. The molecule has 0 atom stereocenters. The predicted octanol–water partition coefficient (Wildman–Crippen LogP) is 6.38. The van der Waals surface area contributed by atoms with Gasteiger partial charge in [-0.15, -0.1) is 0 Å². The van der Waals surface area contributed by atoms with Crippen LogP contribution in [0.2, 0.25) is 0 Å². The summed E-state index contributed by atoms with van der Waals surface area (Å²) < 4.78 is 39.7. The van der Waals surface area contributed by atoms with Crippen molar-refractivity contribution in [1.82, 2.24) is 0 Å². The van der Waals surface area contributed by atoms with Gasteiger partial charge in [-0.3, -0.25) is 14.4 Å². The molecule has 0 N–H and O–H groups in total. The monoisotopic (exact) mass is 486 g/mol. The number of rotatable bonds is 9. The average molecular weight is 486 g/mol. The Hall–Kier alpha value is -4.32. The Morgan fingerprint density at radius 3 is 0.861 bits per heavy atom. The molecular weight excluding hydrogens is 465 g/mol. The molecule has 0 saturated heterocycles. The minimum Gasteiger partial charge on any atom is -0.294 e. The third-order valence-corrected chi connectivity index (χ3v) is 5.71. The quantitative estimate of drug-likeness (QED) is 0.258. The van der Waals surface area contributed by atoms with E-state index >= 15 is 0 Å². The summed E-state index contributed by atoms with van der Waals surface area (Å²) in [5.74, 6) is -2.08. The van der Waals surface area contributed by atoms with Gasteiger partial charge in [-0.05, 0) is 89.5 Å². The van der Waals surface area contributed by atoms with Crippen molar-refractivity contribution in [3.63, 3.8) is 0 Å². The first-order valence-electron chi connectivity index (χ1n) is 11.2. The predicted molar refractivity (Wildman–Crippen MR) is 130 cm³/mol. The lowest BCUT2D eigenvalue weighted by Gasteiger charge is -2.10. The van der Waals surface area contributed by atoms with E-state index in [1.165, 1.54) is 72.8 Å². The fraction of sp³-hybridized carbons (Fsp3) is 0.100. The molecule has 4 rings (SSSR count). The van der Waals surface area contributed by atoms with Crippen molar-refractivity contribution in [2.45, 2.75) is 19.3 Å². The van der Waals surface area contributed by atoms with E-state index in [0.717, 1.165) is 0 Å². The lowest BCUT2D eigenvalue weighted by Crippen LogP contribution is -2.09. The van der Waals surface area contributed by atoms with Crippen LogP contribution >= 0.6 is 0 Å². The summed E-state index contributed by atoms with van der Waals surface area (Å²) in [6.07, 6.45) is -0.0359. The van der Waals surface area contributed by atoms with Gasteiger partial charge in [0.2, 0.25) is 0 Å². The molecule has 3 nitrogen and oxygen atoms in total. The van der Waals surface area contributed by atoms with Crippen molar-refractivity contribution >= 4 is 17.3 Å². The minimum atomic E-state index is -0.450. The second-order valence-electron chi connectivity index (χ2n) is 8.48. The van der Waals surface area contributed by atoms with Crippen LogP contribution in [0, 0.1) is 17.5 Å². The summed E-state index contributed by atoms with van der Waals surface area (Å²) in [7, 11) is 0. The maximum atomic E-state index is 13.2. The third kappa shape index (κ3) is 6.42. The van der Waals surface area contributed by atoms with E-state index in [-0.39, 0.29) is 36.6 Å². The second-order valence-corrected chi connectivity index (χ2v) is 8.48. The van der Waals surface area contributed by atoms with Crippen molar-refractivity contribution in [3.05, 3.63) is 142 Å². The van der Waals surface area contributed by atoms with Crippen LogP contribution in [0.5, 0.6) is 0 Å². The molecule has 0 aliphatic heterocycles. The zero-order chi connectivity index (χ0) is 25.7. The lowest BCUT2D eigenvalue weighted by atomic mass is 9.93. The number of carbonyl (C=O) groups is 3. The van der Waals surface area contributed by atoms with E-state index in [9.17, 15) is 27.6 Å². The molecule has 0 radical (unpaired) electrons. The van der Waals surface area contributed by atoms with Gasteiger partial charge < -0.3 is 0 Å². The van der Waals surface area contributed by atoms with Crippen molar-refractivity contribution in [2.75, 3.05) is 0 Å². The number of hydrogen-bond donors (Lipinski definition) is 0. The highest BCUT2D eigenvalue weighted by Gasteiger charge is 2.15. The van der Waals surface area contributed by atoms with Crippen LogP contribution in [0.15, 0.2) is 91.0 Å². The third-order valence-electron chi connectivity index (χ3n) is 5.71. The van der Waals surface area contributed by atoms with Crippen molar-refractivity contribution < 1.29 is 27.6 Å². The van der Waals surface area contributed by atoms with Gasteiger partial charge in [-0.2, -0.15) is 0 Å². The molecule has 0 aromatic heterocycles. The molecule has 0 aliphatic carbocycles.